The van der Waals surface area contributed by atoms with Gasteiger partial charge in [-0.15, -0.1) is 0 Å². The molecule has 2 aromatic carbocycles. The van der Waals surface area contributed by atoms with Crippen LogP contribution in [0.15, 0.2) is 48.5 Å². The third-order valence-corrected chi connectivity index (χ3v) is 5.59. The quantitative estimate of drug-likeness (QED) is 0.443. The van der Waals surface area contributed by atoms with Crippen LogP contribution in [0, 0.1) is 0 Å². The largest absolute Gasteiger partial charge is 0.480 e. The molecule has 0 spiro atoms. The first-order valence-corrected chi connectivity index (χ1v) is 9.56. The third kappa shape index (κ3) is 3.00. The van der Waals surface area contributed by atoms with E-state index in [1.807, 2.05) is 0 Å². The van der Waals surface area contributed by atoms with E-state index in [1.54, 1.807) is 60.0 Å². The molecule has 0 amide bonds. The molecule has 0 saturated heterocycles. The Morgan fingerprint density at radius 3 is 2.10 bits per heavy atom. The molecule has 1 aromatic heterocycles. The minimum Gasteiger partial charge on any atom is -0.480 e. The number of benzene rings is 2. The summed E-state index contributed by atoms with van der Waals surface area (Å²) in [5.41, 5.74) is -1.50. The molecular formula is C22H20ClNO5. The van der Waals surface area contributed by atoms with Gasteiger partial charge in [-0.25, -0.2) is 0 Å². The Bertz CT molecular complexity index is 1100. The predicted molar refractivity (Wildman–Crippen MR) is 110 cm³/mol. The Hall–Kier alpha value is -3.12. The molecule has 0 saturated carbocycles. The van der Waals surface area contributed by atoms with E-state index in [0.717, 1.165) is 0 Å². The number of carboxylic acids is 2. The summed E-state index contributed by atoms with van der Waals surface area (Å²) in [4.78, 5) is 38.1. The molecule has 0 fully saturated rings. The number of aliphatic carboxylic acids is 2. The van der Waals surface area contributed by atoms with Crippen molar-refractivity contribution < 1.29 is 24.6 Å². The number of carbonyl (C=O) groups is 3. The fraction of sp³-hybridized carbons (Fsp3) is 0.227. The van der Waals surface area contributed by atoms with E-state index in [-0.39, 0.29) is 17.7 Å². The summed E-state index contributed by atoms with van der Waals surface area (Å²) in [6.07, 6.45) is -0.234. The first-order chi connectivity index (χ1) is 13.8. The van der Waals surface area contributed by atoms with Crippen molar-refractivity contribution in [3.05, 3.63) is 70.4 Å². The van der Waals surface area contributed by atoms with Gasteiger partial charge in [-0.1, -0.05) is 61.0 Å². The average Bonchev–Trinajstić information content (AvgIpc) is 3.04. The van der Waals surface area contributed by atoms with Crippen LogP contribution in [0.3, 0.4) is 0 Å². The molecule has 0 aliphatic carbocycles. The number of hydrogen-bond donors (Lipinski definition) is 2. The molecule has 6 nitrogen and oxygen atoms in total. The number of nitrogens with zero attached hydrogens (tertiary/aromatic N) is 1. The number of ketones is 1. The zero-order valence-corrected chi connectivity index (χ0v) is 16.7. The van der Waals surface area contributed by atoms with Gasteiger partial charge in [0.2, 0.25) is 5.78 Å². The van der Waals surface area contributed by atoms with Crippen LogP contribution < -0.4 is 0 Å². The second-order valence-corrected chi connectivity index (χ2v) is 7.08. The van der Waals surface area contributed by atoms with Crippen LogP contribution in [0.5, 0.6) is 0 Å². The molecule has 3 rings (SSSR count). The van der Waals surface area contributed by atoms with E-state index in [9.17, 15) is 24.6 Å². The number of aromatic nitrogens is 1. The minimum atomic E-state index is -2.29. The lowest BCUT2D eigenvalue weighted by atomic mass is 9.75. The Morgan fingerprint density at radius 2 is 1.59 bits per heavy atom. The SMILES string of the molecule is CCn1c(C(=O)c2ccccc2)c(C(CC)(C(=O)O)C(=O)O)c2cccc(Cl)c21. The molecule has 0 bridgehead atoms. The number of halogens is 1. The van der Waals surface area contributed by atoms with Crippen molar-refractivity contribution in [3.8, 4) is 0 Å². The number of carboxylic acid groups (broad SMARTS) is 2. The van der Waals surface area contributed by atoms with Gasteiger partial charge in [-0.05, 0) is 19.4 Å². The van der Waals surface area contributed by atoms with Gasteiger partial charge in [0.15, 0.2) is 5.41 Å². The van der Waals surface area contributed by atoms with Gasteiger partial charge in [0, 0.05) is 23.1 Å². The first kappa shape index (κ1) is 20.6. The summed E-state index contributed by atoms with van der Waals surface area (Å²) in [5.74, 6) is -3.50. The van der Waals surface area contributed by atoms with Crippen LogP contribution >= 0.6 is 11.6 Å². The van der Waals surface area contributed by atoms with Gasteiger partial charge in [0.1, 0.15) is 0 Å². The maximum Gasteiger partial charge on any atom is 0.325 e. The molecule has 0 unspecified atom stereocenters. The van der Waals surface area contributed by atoms with Gasteiger partial charge in [0.25, 0.3) is 0 Å². The number of fused-ring (bicyclic) bond motifs is 1. The van der Waals surface area contributed by atoms with Gasteiger partial charge < -0.3 is 14.8 Å². The molecule has 0 atom stereocenters. The normalized spacial score (nSPS) is 11.6. The summed E-state index contributed by atoms with van der Waals surface area (Å²) >= 11 is 6.40. The van der Waals surface area contributed by atoms with Crippen molar-refractivity contribution in [2.75, 3.05) is 0 Å². The van der Waals surface area contributed by atoms with Gasteiger partial charge in [-0.3, -0.25) is 14.4 Å². The summed E-state index contributed by atoms with van der Waals surface area (Å²) < 4.78 is 1.61. The van der Waals surface area contributed by atoms with Crippen molar-refractivity contribution in [1.82, 2.24) is 4.57 Å². The van der Waals surface area contributed by atoms with Gasteiger partial charge in [-0.2, -0.15) is 0 Å². The van der Waals surface area contributed by atoms with E-state index >= 15 is 0 Å². The second kappa shape index (κ2) is 7.72. The third-order valence-electron chi connectivity index (χ3n) is 5.29. The Balaban J connectivity index is 2.55. The molecule has 0 aliphatic rings. The van der Waals surface area contributed by atoms with E-state index in [0.29, 0.717) is 28.0 Å². The fourth-order valence-corrected chi connectivity index (χ4v) is 4.14. The van der Waals surface area contributed by atoms with Crippen LogP contribution in [0.2, 0.25) is 5.02 Å². The average molecular weight is 414 g/mol. The molecule has 2 N–H and O–H groups in total. The summed E-state index contributed by atoms with van der Waals surface area (Å²) in [7, 11) is 0. The van der Waals surface area contributed by atoms with E-state index in [1.165, 1.54) is 6.92 Å². The topological polar surface area (TPSA) is 96.6 Å². The summed E-state index contributed by atoms with van der Waals surface area (Å²) in [5, 5.41) is 20.7. The van der Waals surface area contributed by atoms with Crippen molar-refractivity contribution >= 4 is 40.2 Å². The van der Waals surface area contributed by atoms with Crippen LogP contribution in [0.25, 0.3) is 10.9 Å². The van der Waals surface area contributed by atoms with Crippen molar-refractivity contribution in [2.45, 2.75) is 32.2 Å². The molecule has 7 heteroatoms. The van der Waals surface area contributed by atoms with E-state index < -0.39 is 23.1 Å². The molecular weight excluding hydrogens is 394 g/mol. The van der Waals surface area contributed by atoms with Crippen LogP contribution in [0.4, 0.5) is 0 Å². The smallest absolute Gasteiger partial charge is 0.325 e. The van der Waals surface area contributed by atoms with Gasteiger partial charge in [0.05, 0.1) is 16.2 Å². The standard InChI is InChI=1S/C22H20ClNO5/c1-3-22(20(26)27,21(28)29)16-14-11-8-12-15(23)17(14)24(4-2)18(16)19(25)13-9-6-5-7-10-13/h5-12H,3-4H2,1-2H3,(H,26,27)(H,28,29). The van der Waals surface area contributed by atoms with Crippen molar-refractivity contribution in [2.24, 2.45) is 0 Å². The van der Waals surface area contributed by atoms with Crippen LogP contribution in [-0.2, 0) is 21.5 Å². The van der Waals surface area contributed by atoms with Crippen molar-refractivity contribution in [3.63, 3.8) is 0 Å². The lowest BCUT2D eigenvalue weighted by Gasteiger charge is -2.25. The highest BCUT2D eigenvalue weighted by atomic mass is 35.5. The number of para-hydroxylation sites is 1. The molecule has 1 heterocycles. The van der Waals surface area contributed by atoms with Crippen LogP contribution in [-0.4, -0.2) is 32.5 Å². The molecule has 0 aliphatic heterocycles. The zero-order chi connectivity index (χ0) is 21.3. The molecule has 150 valence electrons. The number of aryl methyl sites for hydroxylation is 1. The summed E-state index contributed by atoms with van der Waals surface area (Å²) in [6.45, 7) is 3.59. The summed E-state index contributed by atoms with van der Waals surface area (Å²) in [6, 6.07) is 13.2. The number of carbonyl (C=O) groups excluding carboxylic acids is 1. The highest BCUT2D eigenvalue weighted by Crippen LogP contribution is 2.42. The maximum absolute atomic E-state index is 13.5. The Kier molecular flexibility index (Phi) is 5.48. The Labute approximate surface area is 172 Å². The lowest BCUT2D eigenvalue weighted by Crippen LogP contribution is -2.44. The molecule has 29 heavy (non-hydrogen) atoms. The fourth-order valence-electron chi connectivity index (χ4n) is 3.86. The minimum absolute atomic E-state index is 0.0341. The predicted octanol–water partition coefficient (Wildman–Crippen LogP) is 4.36. The second-order valence-electron chi connectivity index (χ2n) is 6.67. The molecule has 0 radical (unpaired) electrons. The highest BCUT2D eigenvalue weighted by Gasteiger charge is 2.51. The number of rotatable bonds is 7. The molecule has 3 aromatic rings. The van der Waals surface area contributed by atoms with Gasteiger partial charge >= 0.3 is 11.9 Å². The lowest BCUT2D eigenvalue weighted by molar-refractivity contribution is -0.157. The highest BCUT2D eigenvalue weighted by molar-refractivity contribution is 6.36. The van der Waals surface area contributed by atoms with E-state index in [4.69, 9.17) is 11.6 Å². The van der Waals surface area contributed by atoms with E-state index in [2.05, 4.69) is 0 Å². The Morgan fingerprint density at radius 1 is 0.966 bits per heavy atom. The zero-order valence-electron chi connectivity index (χ0n) is 16.0. The van der Waals surface area contributed by atoms with Crippen LogP contribution in [0.1, 0.15) is 41.9 Å². The van der Waals surface area contributed by atoms with Crippen molar-refractivity contribution in [1.29, 1.82) is 0 Å². The monoisotopic (exact) mass is 413 g/mol. The maximum atomic E-state index is 13.5. The first-order valence-electron chi connectivity index (χ1n) is 9.18. The number of hydrogen-bond acceptors (Lipinski definition) is 3.